The lowest BCUT2D eigenvalue weighted by Crippen LogP contribution is -2.13. The predicted octanol–water partition coefficient (Wildman–Crippen LogP) is 0.173. The van der Waals surface area contributed by atoms with Gasteiger partial charge in [0.25, 0.3) is 5.78 Å². The van der Waals surface area contributed by atoms with Crippen LogP contribution in [-0.2, 0) is 9.59 Å². The van der Waals surface area contributed by atoms with Crippen molar-refractivity contribution in [3.05, 3.63) is 59.4 Å². The number of carbonyl (C=O) groups is 2. The monoisotopic (exact) mass is 321 g/mol. The minimum atomic E-state index is -1.66. The van der Waals surface area contributed by atoms with Crippen LogP contribution in [-0.4, -0.2) is 21.8 Å². The quantitative estimate of drug-likeness (QED) is 0.471. The van der Waals surface area contributed by atoms with Crippen LogP contribution in [0.1, 0.15) is 5.56 Å². The molecule has 4 N–H and O–H groups in total. The fraction of sp³-hybridized carbons (Fsp3) is 0. The van der Waals surface area contributed by atoms with Crippen LogP contribution < -0.4 is 15.8 Å². The number of nitrogens with zero attached hydrogens (tertiary/aromatic N) is 1. The second-order valence-corrected chi connectivity index (χ2v) is 4.29. The van der Waals surface area contributed by atoms with Gasteiger partial charge in [0.15, 0.2) is 0 Å². The molecule has 1 aromatic carbocycles. The maximum Gasteiger partial charge on any atom is 0.386 e. The topological polar surface area (TPSA) is 130 Å². The van der Waals surface area contributed by atoms with Crippen molar-refractivity contribution in [3.63, 3.8) is 0 Å². The highest BCUT2D eigenvalue weighted by Crippen LogP contribution is 2.13. The van der Waals surface area contributed by atoms with Crippen LogP contribution in [0.2, 0.25) is 5.02 Å². The Hall–Kier alpha value is -2.93. The number of halogens is 1. The van der Waals surface area contributed by atoms with Crippen molar-refractivity contribution in [3.8, 4) is 0 Å². The molecular weight excluding hydrogens is 310 g/mol. The maximum absolute atomic E-state index is 11.3. The molecule has 2 aromatic rings. The first-order valence-electron chi connectivity index (χ1n) is 5.90. The zero-order chi connectivity index (χ0) is 16.5. The number of aliphatic carboxylic acids is 1. The number of aromatic nitrogens is 2. The molecule has 0 unspecified atom stereocenters. The zero-order valence-electron chi connectivity index (χ0n) is 11.2. The van der Waals surface area contributed by atoms with E-state index in [2.05, 4.69) is 9.97 Å². The number of benzene rings is 1. The van der Waals surface area contributed by atoms with Crippen molar-refractivity contribution in [1.82, 2.24) is 4.98 Å². The number of hydrogen-bond donors (Lipinski definition) is 2. The molecule has 0 aliphatic heterocycles. The smallest absolute Gasteiger partial charge is 0.386 e. The summed E-state index contributed by atoms with van der Waals surface area (Å²) in [5.74, 6) is -3.10. The number of hydrogen-bond acceptors (Lipinski definition) is 5. The lowest BCUT2D eigenvalue weighted by Gasteiger charge is -2.10. The molecule has 114 valence electrons. The molecule has 0 aliphatic rings. The summed E-state index contributed by atoms with van der Waals surface area (Å²) in [5.41, 5.74) is 5.41. The third kappa shape index (κ3) is 6.02. The molecule has 0 bridgehead atoms. The number of carboxylic acid groups (broad SMARTS) is 1. The normalized spacial score (nSPS) is 10.3. The van der Waals surface area contributed by atoms with Crippen LogP contribution in [0.3, 0.4) is 0 Å². The van der Waals surface area contributed by atoms with E-state index in [-0.39, 0.29) is 5.56 Å². The molecule has 0 saturated carbocycles. The highest BCUT2D eigenvalue weighted by Gasteiger charge is 2.06. The summed E-state index contributed by atoms with van der Waals surface area (Å²) in [6.45, 7) is 0. The number of carboxylic acids is 1. The van der Waals surface area contributed by atoms with Crippen molar-refractivity contribution < 1.29 is 24.8 Å². The van der Waals surface area contributed by atoms with Gasteiger partial charge in [0, 0.05) is 11.1 Å². The van der Waals surface area contributed by atoms with Gasteiger partial charge in [0.2, 0.25) is 0 Å². The van der Waals surface area contributed by atoms with Gasteiger partial charge in [-0.05, 0) is 23.8 Å². The molecular formula is C14H12ClN3O4. The number of nitrogens with two attached hydrogens (primary N) is 1. The van der Waals surface area contributed by atoms with Crippen LogP contribution in [0.25, 0.3) is 5.76 Å². The van der Waals surface area contributed by atoms with E-state index in [0.717, 1.165) is 0 Å². The van der Waals surface area contributed by atoms with E-state index < -0.39 is 17.5 Å². The average molecular weight is 322 g/mol. The van der Waals surface area contributed by atoms with Crippen molar-refractivity contribution >= 4 is 35.1 Å². The van der Waals surface area contributed by atoms with Crippen LogP contribution in [0, 0.1) is 0 Å². The second-order valence-electron chi connectivity index (χ2n) is 3.85. The second kappa shape index (κ2) is 8.38. The molecule has 0 atom stereocenters. The Balaban J connectivity index is 0.000000287. The molecule has 1 aromatic heterocycles. The largest absolute Gasteiger partial charge is 0.872 e. The van der Waals surface area contributed by atoms with Gasteiger partial charge in [0.1, 0.15) is 6.20 Å². The first-order chi connectivity index (χ1) is 10.4. The van der Waals surface area contributed by atoms with Gasteiger partial charge in [0.05, 0.1) is 6.20 Å². The number of ketones is 1. The molecule has 2 rings (SSSR count). The molecule has 0 radical (unpaired) electrons. The molecule has 0 aliphatic carbocycles. The first kappa shape index (κ1) is 17.1. The van der Waals surface area contributed by atoms with Gasteiger partial charge in [-0.25, -0.2) is 9.78 Å². The van der Waals surface area contributed by atoms with Gasteiger partial charge >= 0.3 is 11.9 Å². The van der Waals surface area contributed by atoms with E-state index in [0.29, 0.717) is 17.0 Å². The molecule has 0 amide bonds. The molecule has 8 heteroatoms. The van der Waals surface area contributed by atoms with Crippen LogP contribution in [0.15, 0.2) is 48.8 Å². The summed E-state index contributed by atoms with van der Waals surface area (Å²) >= 11 is 5.59. The molecule has 0 spiro atoms. The summed E-state index contributed by atoms with van der Waals surface area (Å²) in [4.78, 5) is 27.3. The van der Waals surface area contributed by atoms with Crippen molar-refractivity contribution in [2.24, 2.45) is 0 Å². The number of H-pyrrole nitrogens is 1. The van der Waals surface area contributed by atoms with E-state index in [4.69, 9.17) is 22.4 Å². The van der Waals surface area contributed by atoms with Crippen molar-refractivity contribution in [1.29, 1.82) is 0 Å². The van der Waals surface area contributed by atoms with Gasteiger partial charge in [-0.2, -0.15) is 0 Å². The molecule has 1 heterocycles. The Morgan fingerprint density at radius 3 is 2.36 bits per heavy atom. The number of rotatable bonds is 3. The molecule has 22 heavy (non-hydrogen) atoms. The highest BCUT2D eigenvalue weighted by atomic mass is 35.5. The van der Waals surface area contributed by atoms with Crippen LogP contribution >= 0.6 is 11.6 Å². The number of anilines is 1. The van der Waals surface area contributed by atoms with Gasteiger partial charge in [-0.1, -0.05) is 34.5 Å². The fourth-order valence-corrected chi connectivity index (χ4v) is 1.34. The summed E-state index contributed by atoms with van der Waals surface area (Å²) in [7, 11) is 0. The van der Waals surface area contributed by atoms with Crippen molar-refractivity contribution in [2.45, 2.75) is 0 Å². The van der Waals surface area contributed by atoms with Gasteiger partial charge in [-0.15, -0.1) is 0 Å². The standard InChI is InChI=1S/C10H7ClO4.C4H5N3/c11-7-3-1-6(2-4-7)8(12)5-9(13)10(14)15;5-4-6-2-1-3-7-4/h1-5,12H,(H,14,15);1-3H,(H2,5,6,7)/b8-5-;. The predicted molar refractivity (Wildman–Crippen MR) is 77.3 cm³/mol. The molecule has 0 fully saturated rings. The molecule has 0 saturated heterocycles. The van der Waals surface area contributed by atoms with E-state index in [1.807, 2.05) is 0 Å². The Labute approximate surface area is 130 Å². The Bertz CT molecular complexity index is 672. The average Bonchev–Trinajstić information content (AvgIpc) is 2.49. The summed E-state index contributed by atoms with van der Waals surface area (Å²) < 4.78 is 0. The van der Waals surface area contributed by atoms with E-state index in [9.17, 15) is 14.7 Å². The minimum Gasteiger partial charge on any atom is -0.872 e. The van der Waals surface area contributed by atoms with E-state index in [1.54, 1.807) is 18.5 Å². The summed E-state index contributed by atoms with van der Waals surface area (Å²) in [5, 5.41) is 20.0. The maximum atomic E-state index is 11.3. The Kier molecular flexibility index (Phi) is 6.52. The zero-order valence-corrected chi connectivity index (χ0v) is 11.9. The Morgan fingerprint density at radius 2 is 1.95 bits per heavy atom. The highest BCUT2D eigenvalue weighted by molar-refractivity contribution is 6.38. The Morgan fingerprint density at radius 1 is 1.32 bits per heavy atom. The van der Waals surface area contributed by atoms with E-state index >= 15 is 0 Å². The minimum absolute atomic E-state index is 0.217. The van der Waals surface area contributed by atoms with E-state index in [1.165, 1.54) is 24.3 Å². The fourth-order valence-electron chi connectivity index (χ4n) is 1.22. The van der Waals surface area contributed by atoms with Gasteiger partial charge < -0.3 is 10.2 Å². The number of nitrogens with one attached hydrogen (secondary N) is 1. The third-order valence-electron chi connectivity index (χ3n) is 2.23. The molecule has 7 nitrogen and oxygen atoms in total. The summed E-state index contributed by atoms with van der Waals surface area (Å²) in [6.07, 6.45) is 3.89. The van der Waals surface area contributed by atoms with Crippen LogP contribution in [0.4, 0.5) is 5.95 Å². The van der Waals surface area contributed by atoms with Crippen LogP contribution in [0.5, 0.6) is 0 Å². The first-order valence-corrected chi connectivity index (χ1v) is 6.28. The third-order valence-corrected chi connectivity index (χ3v) is 2.48. The summed E-state index contributed by atoms with van der Waals surface area (Å²) in [6, 6.07) is 7.56. The number of aromatic amines is 1. The lowest BCUT2D eigenvalue weighted by atomic mass is 10.1. The van der Waals surface area contributed by atoms with Gasteiger partial charge in [-0.3, -0.25) is 10.5 Å². The SMILES string of the molecule is Nc1nccc[nH+]1.O=C(O)C(=O)/C=C(\[O-])c1ccc(Cl)cc1. The van der Waals surface area contributed by atoms with Crippen molar-refractivity contribution in [2.75, 3.05) is 5.73 Å². The lowest BCUT2D eigenvalue weighted by molar-refractivity contribution is -0.364. The number of carbonyl (C=O) groups excluding carboxylic acids is 1. The number of nitrogen functional groups attached to an aromatic ring is 1.